The number of benzene rings is 1. The van der Waals surface area contributed by atoms with Crippen LogP contribution in [0.1, 0.15) is 32.3 Å². The molecule has 2 rings (SSSR count). The Morgan fingerprint density at radius 1 is 1.35 bits per heavy atom. The highest BCUT2D eigenvalue weighted by atomic mass is 35.5. The van der Waals surface area contributed by atoms with E-state index in [1.54, 1.807) is 0 Å². The van der Waals surface area contributed by atoms with E-state index in [4.69, 9.17) is 16.3 Å². The van der Waals surface area contributed by atoms with Gasteiger partial charge in [-0.3, -0.25) is 0 Å². The molecule has 1 fully saturated rings. The SMILES string of the molecule is CC(C)CNCc1ccc(Cl)cc1SC1CCOCC1. The third-order valence-electron chi connectivity index (χ3n) is 3.36. The van der Waals surface area contributed by atoms with Gasteiger partial charge in [0.15, 0.2) is 0 Å². The summed E-state index contributed by atoms with van der Waals surface area (Å²) in [6.07, 6.45) is 2.27. The van der Waals surface area contributed by atoms with Crippen molar-refractivity contribution in [2.45, 2.75) is 43.4 Å². The topological polar surface area (TPSA) is 21.3 Å². The quantitative estimate of drug-likeness (QED) is 0.843. The van der Waals surface area contributed by atoms with Crippen molar-refractivity contribution in [3.8, 4) is 0 Å². The molecule has 0 amide bonds. The van der Waals surface area contributed by atoms with Gasteiger partial charge < -0.3 is 10.1 Å². The average Bonchev–Trinajstić information content (AvgIpc) is 2.42. The molecule has 0 aliphatic carbocycles. The van der Waals surface area contributed by atoms with E-state index in [1.807, 2.05) is 17.8 Å². The Kier molecular flexibility index (Phi) is 6.69. The Labute approximate surface area is 131 Å². The monoisotopic (exact) mass is 313 g/mol. The molecule has 20 heavy (non-hydrogen) atoms. The second-order valence-corrected chi connectivity index (χ2v) is 7.49. The maximum Gasteiger partial charge on any atom is 0.0476 e. The Morgan fingerprint density at radius 3 is 2.80 bits per heavy atom. The van der Waals surface area contributed by atoms with Gasteiger partial charge in [-0.15, -0.1) is 11.8 Å². The molecule has 0 saturated carbocycles. The molecule has 4 heteroatoms. The minimum absolute atomic E-state index is 0.658. The highest BCUT2D eigenvalue weighted by Gasteiger charge is 2.16. The van der Waals surface area contributed by atoms with Gasteiger partial charge in [-0.2, -0.15) is 0 Å². The highest BCUT2D eigenvalue weighted by molar-refractivity contribution is 8.00. The van der Waals surface area contributed by atoms with Crippen molar-refractivity contribution in [1.82, 2.24) is 5.32 Å². The molecule has 0 bridgehead atoms. The maximum absolute atomic E-state index is 6.16. The van der Waals surface area contributed by atoms with Crippen molar-refractivity contribution in [3.63, 3.8) is 0 Å². The number of halogens is 1. The second-order valence-electron chi connectivity index (χ2n) is 5.71. The Bertz CT molecular complexity index is 419. The average molecular weight is 314 g/mol. The zero-order chi connectivity index (χ0) is 14.4. The van der Waals surface area contributed by atoms with Gasteiger partial charge in [0.2, 0.25) is 0 Å². The molecule has 0 atom stereocenters. The van der Waals surface area contributed by atoms with Crippen LogP contribution < -0.4 is 5.32 Å². The Morgan fingerprint density at radius 2 is 2.10 bits per heavy atom. The Balaban J connectivity index is 1.99. The van der Waals surface area contributed by atoms with Gasteiger partial charge in [-0.25, -0.2) is 0 Å². The van der Waals surface area contributed by atoms with Crippen LogP contribution in [0, 0.1) is 5.92 Å². The minimum atomic E-state index is 0.658. The lowest BCUT2D eigenvalue weighted by molar-refractivity contribution is 0.1000. The standard InChI is InChI=1S/C16H24ClNOS/c1-12(2)10-18-11-13-3-4-14(17)9-16(13)20-15-5-7-19-8-6-15/h3-4,9,12,15,18H,5-8,10-11H2,1-2H3. The lowest BCUT2D eigenvalue weighted by Crippen LogP contribution is -2.20. The van der Waals surface area contributed by atoms with Gasteiger partial charge in [0.05, 0.1) is 0 Å². The van der Waals surface area contributed by atoms with Crippen LogP contribution in [0.2, 0.25) is 5.02 Å². The Hall–Kier alpha value is -0.220. The second kappa shape index (κ2) is 8.28. The molecule has 0 spiro atoms. The predicted octanol–water partition coefficient (Wildman–Crippen LogP) is 4.36. The molecular weight excluding hydrogens is 290 g/mol. The number of hydrogen-bond acceptors (Lipinski definition) is 3. The maximum atomic E-state index is 6.16. The molecular formula is C16H24ClNOS. The molecule has 0 aromatic heterocycles. The smallest absolute Gasteiger partial charge is 0.0476 e. The summed E-state index contributed by atoms with van der Waals surface area (Å²) in [5.74, 6) is 0.675. The summed E-state index contributed by atoms with van der Waals surface area (Å²) in [7, 11) is 0. The predicted molar refractivity (Wildman–Crippen MR) is 87.7 cm³/mol. The third-order valence-corrected chi connectivity index (χ3v) is 5.03. The van der Waals surface area contributed by atoms with Crippen LogP contribution in [0.4, 0.5) is 0 Å². The molecule has 1 aliphatic rings. The first-order chi connectivity index (χ1) is 9.65. The van der Waals surface area contributed by atoms with Crippen LogP contribution in [0.3, 0.4) is 0 Å². The number of nitrogens with one attached hydrogen (secondary N) is 1. The lowest BCUT2D eigenvalue weighted by Gasteiger charge is -2.23. The zero-order valence-electron chi connectivity index (χ0n) is 12.3. The van der Waals surface area contributed by atoms with Crippen molar-refractivity contribution in [2.75, 3.05) is 19.8 Å². The first-order valence-electron chi connectivity index (χ1n) is 7.38. The van der Waals surface area contributed by atoms with Crippen LogP contribution in [-0.2, 0) is 11.3 Å². The van der Waals surface area contributed by atoms with Crippen molar-refractivity contribution in [2.24, 2.45) is 5.92 Å². The molecule has 0 unspecified atom stereocenters. The van der Waals surface area contributed by atoms with Gasteiger partial charge in [0.25, 0.3) is 0 Å². The highest BCUT2D eigenvalue weighted by Crippen LogP contribution is 2.33. The molecule has 2 nitrogen and oxygen atoms in total. The van der Waals surface area contributed by atoms with E-state index in [0.717, 1.165) is 44.2 Å². The molecule has 1 saturated heterocycles. The van der Waals surface area contributed by atoms with Crippen LogP contribution in [0.5, 0.6) is 0 Å². The summed E-state index contributed by atoms with van der Waals surface area (Å²) in [5.41, 5.74) is 1.35. The van der Waals surface area contributed by atoms with Crippen LogP contribution >= 0.6 is 23.4 Å². The van der Waals surface area contributed by atoms with E-state index in [0.29, 0.717) is 11.2 Å². The summed E-state index contributed by atoms with van der Waals surface area (Å²) >= 11 is 8.12. The summed E-state index contributed by atoms with van der Waals surface area (Å²) < 4.78 is 5.43. The van der Waals surface area contributed by atoms with E-state index >= 15 is 0 Å². The number of ether oxygens (including phenoxy) is 1. The summed E-state index contributed by atoms with van der Waals surface area (Å²) in [5, 5.41) is 5.00. The third kappa shape index (κ3) is 5.28. The van der Waals surface area contributed by atoms with Gasteiger partial charge >= 0.3 is 0 Å². The first-order valence-corrected chi connectivity index (χ1v) is 8.64. The van der Waals surface area contributed by atoms with Gasteiger partial charge in [0.1, 0.15) is 0 Å². The van der Waals surface area contributed by atoms with E-state index in [2.05, 4.69) is 31.3 Å². The molecule has 1 aromatic carbocycles. The summed E-state index contributed by atoms with van der Waals surface area (Å²) in [6, 6.07) is 6.24. The number of thioether (sulfide) groups is 1. The lowest BCUT2D eigenvalue weighted by atomic mass is 10.2. The van der Waals surface area contributed by atoms with Crippen molar-refractivity contribution in [3.05, 3.63) is 28.8 Å². The van der Waals surface area contributed by atoms with Gasteiger partial charge in [-0.05, 0) is 43.0 Å². The molecule has 1 aliphatic heterocycles. The molecule has 0 radical (unpaired) electrons. The zero-order valence-corrected chi connectivity index (χ0v) is 13.9. The summed E-state index contributed by atoms with van der Waals surface area (Å²) in [6.45, 7) is 8.20. The molecule has 1 heterocycles. The normalized spacial score (nSPS) is 16.8. The fourth-order valence-electron chi connectivity index (χ4n) is 2.25. The first kappa shape index (κ1) is 16.2. The number of hydrogen-bond donors (Lipinski definition) is 1. The van der Waals surface area contributed by atoms with Gasteiger partial charge in [0, 0.05) is 34.9 Å². The van der Waals surface area contributed by atoms with Crippen LogP contribution in [-0.4, -0.2) is 25.0 Å². The largest absolute Gasteiger partial charge is 0.381 e. The van der Waals surface area contributed by atoms with Crippen LogP contribution in [0.15, 0.2) is 23.1 Å². The fraction of sp³-hybridized carbons (Fsp3) is 0.625. The van der Waals surface area contributed by atoms with Crippen molar-refractivity contribution >= 4 is 23.4 Å². The fourth-order valence-corrected chi connectivity index (χ4v) is 3.76. The van der Waals surface area contributed by atoms with Crippen molar-refractivity contribution < 1.29 is 4.74 Å². The van der Waals surface area contributed by atoms with E-state index in [9.17, 15) is 0 Å². The minimum Gasteiger partial charge on any atom is -0.381 e. The van der Waals surface area contributed by atoms with E-state index < -0.39 is 0 Å². The van der Waals surface area contributed by atoms with Crippen LogP contribution in [0.25, 0.3) is 0 Å². The van der Waals surface area contributed by atoms with E-state index in [1.165, 1.54) is 10.5 Å². The number of rotatable bonds is 6. The van der Waals surface area contributed by atoms with Crippen molar-refractivity contribution in [1.29, 1.82) is 0 Å². The van der Waals surface area contributed by atoms with Gasteiger partial charge in [-0.1, -0.05) is 31.5 Å². The molecule has 1 N–H and O–H groups in total. The molecule has 112 valence electrons. The molecule has 1 aromatic rings. The van der Waals surface area contributed by atoms with E-state index in [-0.39, 0.29) is 0 Å². The summed E-state index contributed by atoms with van der Waals surface area (Å²) in [4.78, 5) is 1.32.